The fourth-order valence-corrected chi connectivity index (χ4v) is 3.27. The summed E-state index contributed by atoms with van der Waals surface area (Å²) in [5.74, 6) is -0.577. The molecule has 1 aromatic heterocycles. The number of aromatic nitrogens is 1. The van der Waals surface area contributed by atoms with Crippen LogP contribution in [0.4, 0.5) is 0 Å². The van der Waals surface area contributed by atoms with Gasteiger partial charge in [0.2, 0.25) is 0 Å². The lowest BCUT2D eigenvalue weighted by Crippen LogP contribution is -2.33. The van der Waals surface area contributed by atoms with Crippen molar-refractivity contribution < 1.29 is 19.1 Å². The van der Waals surface area contributed by atoms with Gasteiger partial charge in [-0.05, 0) is 23.1 Å². The first kappa shape index (κ1) is 21.1. The molecule has 0 saturated heterocycles. The van der Waals surface area contributed by atoms with E-state index in [4.69, 9.17) is 4.74 Å². The van der Waals surface area contributed by atoms with Crippen LogP contribution in [0.1, 0.15) is 52.2 Å². The third kappa shape index (κ3) is 5.61. The highest BCUT2D eigenvalue weighted by molar-refractivity contribution is 7.09. The minimum atomic E-state index is -0.481. The molecule has 27 heavy (non-hydrogen) atoms. The molecule has 0 unspecified atom stereocenters. The van der Waals surface area contributed by atoms with Crippen molar-refractivity contribution in [3.8, 4) is 0 Å². The fourth-order valence-electron chi connectivity index (χ4n) is 2.49. The molecule has 146 valence electrons. The molecule has 0 atom stereocenters. The first-order valence-electron chi connectivity index (χ1n) is 8.67. The van der Waals surface area contributed by atoms with Crippen molar-refractivity contribution in [1.29, 1.82) is 0 Å². The second-order valence-electron chi connectivity index (χ2n) is 7.16. The summed E-state index contributed by atoms with van der Waals surface area (Å²) in [5, 5.41) is 2.31. The molecule has 1 amide bonds. The van der Waals surface area contributed by atoms with Gasteiger partial charge in [0.1, 0.15) is 5.01 Å². The molecule has 0 aliphatic rings. The zero-order valence-electron chi connectivity index (χ0n) is 16.4. The second-order valence-corrected chi connectivity index (χ2v) is 8.11. The summed E-state index contributed by atoms with van der Waals surface area (Å²) in [6, 6.07) is 7.68. The maximum atomic E-state index is 13.0. The van der Waals surface area contributed by atoms with Gasteiger partial charge in [-0.3, -0.25) is 4.79 Å². The van der Waals surface area contributed by atoms with Gasteiger partial charge < -0.3 is 14.4 Å². The Morgan fingerprint density at radius 3 is 2.37 bits per heavy atom. The lowest BCUT2D eigenvalue weighted by molar-refractivity contribution is 0.0594. The normalized spacial score (nSPS) is 11.3. The van der Waals surface area contributed by atoms with Crippen LogP contribution in [-0.4, -0.2) is 49.1 Å². The number of amides is 1. The van der Waals surface area contributed by atoms with Crippen LogP contribution in [0.5, 0.6) is 0 Å². The monoisotopic (exact) mass is 390 g/mol. The standard InChI is InChI=1S/C20H26N2O4S/c1-20(2,3)15-8-6-14(7-9-15)18(23)22(10-11-25-4)12-17-21-16(13-27-17)19(24)26-5/h6-9,13H,10-12H2,1-5H3. The highest BCUT2D eigenvalue weighted by Crippen LogP contribution is 2.23. The Hall–Kier alpha value is -2.25. The van der Waals surface area contributed by atoms with Crippen LogP contribution in [0, 0.1) is 0 Å². The van der Waals surface area contributed by atoms with E-state index in [1.54, 1.807) is 17.4 Å². The molecule has 0 spiro atoms. The number of rotatable bonds is 7. The largest absolute Gasteiger partial charge is 0.464 e. The van der Waals surface area contributed by atoms with Gasteiger partial charge in [0.25, 0.3) is 5.91 Å². The SMILES string of the molecule is COCCN(Cc1nc(C(=O)OC)cs1)C(=O)c1ccc(C(C)(C)C)cc1. The molecule has 0 saturated carbocycles. The molecule has 6 nitrogen and oxygen atoms in total. The Bertz CT molecular complexity index is 778. The number of carbonyl (C=O) groups excluding carboxylic acids is 2. The molecule has 0 aliphatic carbocycles. The average molecular weight is 391 g/mol. The molecular formula is C20H26N2O4S. The Labute approximate surface area is 164 Å². The molecule has 1 heterocycles. The topological polar surface area (TPSA) is 68.7 Å². The second kappa shape index (κ2) is 9.10. The summed E-state index contributed by atoms with van der Waals surface area (Å²) in [5.41, 5.74) is 2.07. The smallest absolute Gasteiger partial charge is 0.357 e. The van der Waals surface area contributed by atoms with Crippen molar-refractivity contribution >= 4 is 23.2 Å². The van der Waals surface area contributed by atoms with Crippen molar-refractivity contribution in [1.82, 2.24) is 9.88 Å². The van der Waals surface area contributed by atoms with Crippen molar-refractivity contribution in [2.45, 2.75) is 32.7 Å². The zero-order valence-corrected chi connectivity index (χ0v) is 17.3. The Balaban J connectivity index is 2.18. The predicted molar refractivity (Wildman–Crippen MR) is 105 cm³/mol. The molecule has 2 rings (SSSR count). The van der Waals surface area contributed by atoms with Gasteiger partial charge in [0.05, 0.1) is 20.3 Å². The number of benzene rings is 1. The number of thiazole rings is 1. The van der Waals surface area contributed by atoms with Crippen molar-refractivity contribution in [2.24, 2.45) is 0 Å². The van der Waals surface area contributed by atoms with Crippen molar-refractivity contribution in [3.63, 3.8) is 0 Å². The lowest BCUT2D eigenvalue weighted by Gasteiger charge is -2.23. The van der Waals surface area contributed by atoms with Crippen LogP contribution in [0.25, 0.3) is 0 Å². The summed E-state index contributed by atoms with van der Waals surface area (Å²) in [4.78, 5) is 30.5. The van der Waals surface area contributed by atoms with Crippen molar-refractivity contribution in [2.75, 3.05) is 27.4 Å². The summed E-state index contributed by atoms with van der Waals surface area (Å²) in [6.07, 6.45) is 0. The van der Waals surface area contributed by atoms with Crippen LogP contribution >= 0.6 is 11.3 Å². The number of hydrogen-bond acceptors (Lipinski definition) is 6. The fraction of sp³-hybridized carbons (Fsp3) is 0.450. The summed E-state index contributed by atoms with van der Waals surface area (Å²) in [6.45, 7) is 7.57. The van der Waals surface area contributed by atoms with Crippen LogP contribution in [0.3, 0.4) is 0 Å². The van der Waals surface area contributed by atoms with Gasteiger partial charge in [0.15, 0.2) is 5.69 Å². The Morgan fingerprint density at radius 1 is 1.15 bits per heavy atom. The van der Waals surface area contributed by atoms with E-state index in [0.717, 1.165) is 0 Å². The molecule has 0 radical (unpaired) electrons. The van der Waals surface area contributed by atoms with Gasteiger partial charge in [0, 0.05) is 24.6 Å². The molecule has 0 bridgehead atoms. The first-order chi connectivity index (χ1) is 12.8. The van der Waals surface area contributed by atoms with Gasteiger partial charge in [-0.1, -0.05) is 32.9 Å². The van der Waals surface area contributed by atoms with E-state index < -0.39 is 5.97 Å². The number of methoxy groups -OCH3 is 2. The highest BCUT2D eigenvalue weighted by atomic mass is 32.1. The van der Waals surface area contributed by atoms with E-state index in [0.29, 0.717) is 30.3 Å². The van der Waals surface area contributed by atoms with Gasteiger partial charge in [-0.2, -0.15) is 0 Å². The van der Waals surface area contributed by atoms with Crippen LogP contribution < -0.4 is 0 Å². The quantitative estimate of drug-likeness (QED) is 0.677. The summed E-state index contributed by atoms with van der Waals surface area (Å²) in [7, 11) is 2.91. The minimum absolute atomic E-state index is 0.0302. The maximum Gasteiger partial charge on any atom is 0.357 e. The van der Waals surface area contributed by atoms with E-state index in [2.05, 4.69) is 30.5 Å². The molecule has 1 aromatic carbocycles. The van der Waals surface area contributed by atoms with E-state index >= 15 is 0 Å². The van der Waals surface area contributed by atoms with Gasteiger partial charge in [-0.25, -0.2) is 9.78 Å². The Kier molecular flexibility index (Phi) is 7.10. The third-order valence-corrected chi connectivity index (χ3v) is 4.96. The minimum Gasteiger partial charge on any atom is -0.464 e. The number of hydrogen-bond donors (Lipinski definition) is 0. The lowest BCUT2D eigenvalue weighted by atomic mass is 9.86. The van der Waals surface area contributed by atoms with Gasteiger partial charge in [-0.15, -0.1) is 11.3 Å². The first-order valence-corrected chi connectivity index (χ1v) is 9.55. The number of ether oxygens (including phenoxy) is 2. The summed E-state index contributed by atoms with van der Waals surface area (Å²) >= 11 is 1.33. The molecule has 7 heteroatoms. The maximum absolute atomic E-state index is 13.0. The molecule has 0 fully saturated rings. The Morgan fingerprint density at radius 2 is 1.81 bits per heavy atom. The molecular weight excluding hydrogens is 364 g/mol. The number of nitrogens with zero attached hydrogens (tertiary/aromatic N) is 2. The average Bonchev–Trinajstić information content (AvgIpc) is 3.12. The van der Waals surface area contributed by atoms with Crippen LogP contribution in [0.2, 0.25) is 0 Å². The van der Waals surface area contributed by atoms with E-state index in [1.165, 1.54) is 24.0 Å². The third-order valence-electron chi connectivity index (χ3n) is 4.12. The predicted octanol–water partition coefficient (Wildman–Crippen LogP) is 3.52. The van der Waals surface area contributed by atoms with Crippen LogP contribution in [-0.2, 0) is 21.4 Å². The number of esters is 1. The molecule has 2 aromatic rings. The van der Waals surface area contributed by atoms with E-state index in [9.17, 15) is 9.59 Å². The highest BCUT2D eigenvalue weighted by Gasteiger charge is 2.20. The zero-order chi connectivity index (χ0) is 20.0. The van der Waals surface area contributed by atoms with Crippen LogP contribution in [0.15, 0.2) is 29.6 Å². The van der Waals surface area contributed by atoms with Crippen molar-refractivity contribution in [3.05, 3.63) is 51.5 Å². The molecule has 0 aliphatic heterocycles. The van der Waals surface area contributed by atoms with E-state index in [-0.39, 0.29) is 17.0 Å². The summed E-state index contributed by atoms with van der Waals surface area (Å²) < 4.78 is 9.82. The molecule has 0 N–H and O–H groups in total. The number of carbonyl (C=O) groups is 2. The van der Waals surface area contributed by atoms with Gasteiger partial charge >= 0.3 is 5.97 Å². The van der Waals surface area contributed by atoms with E-state index in [1.807, 2.05) is 24.3 Å².